The van der Waals surface area contributed by atoms with Gasteiger partial charge in [0, 0.05) is 12.4 Å². The molecule has 0 saturated carbocycles. The molecule has 94 valence electrons. The van der Waals surface area contributed by atoms with Crippen molar-refractivity contribution in [1.82, 2.24) is 9.97 Å². The van der Waals surface area contributed by atoms with Crippen LogP contribution < -0.4 is 10.5 Å². The van der Waals surface area contributed by atoms with E-state index >= 15 is 0 Å². The molecule has 2 N–H and O–H groups in total. The van der Waals surface area contributed by atoms with Crippen LogP contribution in [-0.2, 0) is 6.18 Å². The molecule has 0 fully saturated rings. The van der Waals surface area contributed by atoms with Gasteiger partial charge in [-0.25, -0.2) is 9.97 Å². The number of hydrogen-bond acceptors (Lipinski definition) is 4. The maximum atomic E-state index is 12.4. The Morgan fingerprint density at radius 2 is 1.78 bits per heavy atom. The second-order valence-electron chi connectivity index (χ2n) is 3.38. The topological polar surface area (TPSA) is 61.0 Å². The maximum Gasteiger partial charge on any atom is 0.416 e. The predicted molar refractivity (Wildman–Crippen MR) is 58.0 cm³/mol. The molecule has 0 aliphatic rings. The molecule has 2 rings (SSSR count). The van der Waals surface area contributed by atoms with Gasteiger partial charge in [-0.2, -0.15) is 13.2 Å². The lowest BCUT2D eigenvalue weighted by Gasteiger charge is -2.10. The summed E-state index contributed by atoms with van der Waals surface area (Å²) in [4.78, 5) is 7.55. The van der Waals surface area contributed by atoms with Gasteiger partial charge in [-0.15, -0.1) is 0 Å². The number of aromatic nitrogens is 2. The minimum atomic E-state index is -4.43. The van der Waals surface area contributed by atoms with Crippen molar-refractivity contribution in [3.63, 3.8) is 0 Å². The van der Waals surface area contributed by atoms with E-state index in [9.17, 15) is 13.2 Å². The first-order valence-electron chi connectivity index (χ1n) is 4.88. The van der Waals surface area contributed by atoms with Crippen LogP contribution >= 0.6 is 0 Å². The molecule has 4 nitrogen and oxygen atoms in total. The van der Waals surface area contributed by atoms with Crippen LogP contribution in [0.1, 0.15) is 5.56 Å². The van der Waals surface area contributed by atoms with Gasteiger partial charge in [0.05, 0.1) is 11.3 Å². The van der Waals surface area contributed by atoms with Crippen LogP contribution in [0.4, 0.5) is 18.9 Å². The summed E-state index contributed by atoms with van der Waals surface area (Å²) in [6, 6.07) is 4.42. The molecule has 2 aromatic rings. The Hall–Kier alpha value is -2.31. The number of nitrogens with two attached hydrogens (primary N) is 1. The molecule has 0 spiro atoms. The van der Waals surface area contributed by atoms with Crippen LogP contribution in [-0.4, -0.2) is 9.97 Å². The van der Waals surface area contributed by atoms with Crippen molar-refractivity contribution in [2.75, 3.05) is 5.73 Å². The second-order valence-corrected chi connectivity index (χ2v) is 3.38. The number of benzene rings is 1. The van der Waals surface area contributed by atoms with E-state index in [-0.39, 0.29) is 17.4 Å². The van der Waals surface area contributed by atoms with E-state index in [1.165, 1.54) is 12.4 Å². The Kier molecular flexibility index (Phi) is 3.05. The van der Waals surface area contributed by atoms with Gasteiger partial charge in [-0.3, -0.25) is 0 Å². The lowest BCUT2D eigenvalue weighted by Crippen LogP contribution is -2.06. The average molecular weight is 255 g/mol. The number of halogens is 3. The van der Waals surface area contributed by atoms with Crippen molar-refractivity contribution in [3.8, 4) is 11.8 Å². The Balaban J connectivity index is 2.26. The summed E-state index contributed by atoms with van der Waals surface area (Å²) in [5.41, 5.74) is 4.53. The third-order valence-electron chi connectivity index (χ3n) is 2.08. The number of alkyl halides is 3. The number of nitrogen functional groups attached to an aromatic ring is 1. The molecule has 0 atom stereocenters. The van der Waals surface area contributed by atoms with E-state index in [0.29, 0.717) is 0 Å². The van der Waals surface area contributed by atoms with Crippen LogP contribution in [0.2, 0.25) is 0 Å². The fourth-order valence-corrected chi connectivity index (χ4v) is 1.25. The number of nitrogens with zero attached hydrogens (tertiary/aromatic N) is 2. The highest BCUT2D eigenvalue weighted by Crippen LogP contribution is 2.34. The van der Waals surface area contributed by atoms with Crippen LogP contribution in [0, 0.1) is 0 Å². The molecular formula is C11H8F3N3O. The summed E-state index contributed by atoms with van der Waals surface area (Å²) in [5, 5.41) is 0. The first kappa shape index (κ1) is 12.2. The molecule has 18 heavy (non-hydrogen) atoms. The third kappa shape index (κ3) is 2.68. The standard InChI is InChI=1S/C11H8F3N3O/c12-11(13,14)7-2-3-9(8(15)6-7)18-10-16-4-1-5-17-10/h1-6H,15H2. The zero-order valence-electron chi connectivity index (χ0n) is 8.98. The van der Waals surface area contributed by atoms with E-state index in [4.69, 9.17) is 10.5 Å². The minimum Gasteiger partial charge on any atom is -0.422 e. The number of rotatable bonds is 2. The van der Waals surface area contributed by atoms with Crippen molar-refractivity contribution >= 4 is 5.69 Å². The molecule has 1 aromatic carbocycles. The van der Waals surface area contributed by atoms with E-state index < -0.39 is 11.7 Å². The summed E-state index contributed by atoms with van der Waals surface area (Å²) in [6.07, 6.45) is -1.54. The van der Waals surface area contributed by atoms with Crippen LogP contribution in [0.25, 0.3) is 0 Å². The van der Waals surface area contributed by atoms with Gasteiger partial charge < -0.3 is 10.5 Å². The molecule has 1 aromatic heterocycles. The molecule has 0 aliphatic carbocycles. The number of hydrogen-bond donors (Lipinski definition) is 1. The fraction of sp³-hybridized carbons (Fsp3) is 0.0909. The highest BCUT2D eigenvalue weighted by molar-refractivity contribution is 5.55. The SMILES string of the molecule is Nc1cc(C(F)(F)F)ccc1Oc1ncccn1. The lowest BCUT2D eigenvalue weighted by atomic mass is 10.2. The average Bonchev–Trinajstić information content (AvgIpc) is 2.32. The summed E-state index contributed by atoms with van der Waals surface area (Å²) in [6.45, 7) is 0. The van der Waals surface area contributed by atoms with Crippen molar-refractivity contribution in [2.24, 2.45) is 0 Å². The first-order valence-corrected chi connectivity index (χ1v) is 4.88. The van der Waals surface area contributed by atoms with Gasteiger partial charge in [0.2, 0.25) is 0 Å². The Morgan fingerprint density at radius 3 is 2.33 bits per heavy atom. The van der Waals surface area contributed by atoms with E-state index in [1.807, 2.05) is 0 Å². The number of anilines is 1. The van der Waals surface area contributed by atoms with Crippen molar-refractivity contribution in [2.45, 2.75) is 6.18 Å². The molecule has 7 heteroatoms. The monoisotopic (exact) mass is 255 g/mol. The summed E-state index contributed by atoms with van der Waals surface area (Å²) >= 11 is 0. The van der Waals surface area contributed by atoms with Gasteiger partial charge in [-0.1, -0.05) is 0 Å². The van der Waals surface area contributed by atoms with Gasteiger partial charge in [-0.05, 0) is 24.3 Å². The smallest absolute Gasteiger partial charge is 0.416 e. The van der Waals surface area contributed by atoms with E-state index in [2.05, 4.69) is 9.97 Å². The van der Waals surface area contributed by atoms with Crippen LogP contribution in [0.3, 0.4) is 0 Å². The van der Waals surface area contributed by atoms with Gasteiger partial charge in [0.25, 0.3) is 0 Å². The zero-order valence-corrected chi connectivity index (χ0v) is 8.98. The van der Waals surface area contributed by atoms with Gasteiger partial charge in [0.1, 0.15) is 0 Å². The molecule has 0 radical (unpaired) electrons. The molecule has 0 amide bonds. The largest absolute Gasteiger partial charge is 0.422 e. The van der Waals surface area contributed by atoms with Gasteiger partial charge in [0.15, 0.2) is 5.75 Å². The molecule has 0 bridgehead atoms. The predicted octanol–water partition coefficient (Wildman–Crippen LogP) is 2.87. The minimum absolute atomic E-state index is 0.0176. The molecule has 0 saturated heterocycles. The molecule has 1 heterocycles. The fourth-order valence-electron chi connectivity index (χ4n) is 1.25. The number of ether oxygens (including phenoxy) is 1. The summed E-state index contributed by atoms with van der Waals surface area (Å²) in [7, 11) is 0. The second kappa shape index (κ2) is 4.52. The molecular weight excluding hydrogens is 247 g/mol. The highest BCUT2D eigenvalue weighted by atomic mass is 19.4. The summed E-state index contributed by atoms with van der Waals surface area (Å²) < 4.78 is 42.4. The highest BCUT2D eigenvalue weighted by Gasteiger charge is 2.31. The first-order chi connectivity index (χ1) is 8.47. The van der Waals surface area contributed by atoms with Gasteiger partial charge >= 0.3 is 12.2 Å². The Bertz CT molecular complexity index is 543. The Labute approximate surface area is 100 Å². The summed E-state index contributed by atoms with van der Waals surface area (Å²) in [5.74, 6) is 0.0780. The van der Waals surface area contributed by atoms with Crippen molar-refractivity contribution < 1.29 is 17.9 Å². The van der Waals surface area contributed by atoms with Crippen molar-refractivity contribution in [1.29, 1.82) is 0 Å². The molecule has 0 unspecified atom stereocenters. The maximum absolute atomic E-state index is 12.4. The van der Waals surface area contributed by atoms with E-state index in [1.54, 1.807) is 6.07 Å². The van der Waals surface area contributed by atoms with Crippen LogP contribution in [0.5, 0.6) is 11.8 Å². The normalized spacial score (nSPS) is 11.3. The third-order valence-corrected chi connectivity index (χ3v) is 2.08. The van der Waals surface area contributed by atoms with Crippen LogP contribution in [0.15, 0.2) is 36.7 Å². The lowest BCUT2D eigenvalue weighted by molar-refractivity contribution is -0.137. The van der Waals surface area contributed by atoms with E-state index in [0.717, 1.165) is 18.2 Å². The quantitative estimate of drug-likeness (QED) is 0.838. The molecule has 0 aliphatic heterocycles. The Morgan fingerprint density at radius 1 is 1.11 bits per heavy atom. The van der Waals surface area contributed by atoms with Crippen molar-refractivity contribution in [3.05, 3.63) is 42.2 Å². The zero-order chi connectivity index (χ0) is 13.2.